The number of para-hydroxylation sites is 1. The molecule has 0 spiro atoms. The normalized spacial score (nSPS) is 20.0. The Morgan fingerprint density at radius 3 is 2.54 bits per heavy atom. The van der Waals surface area contributed by atoms with E-state index in [1.807, 2.05) is 6.92 Å². The number of rotatable bonds is 6. The van der Waals surface area contributed by atoms with Crippen LogP contribution in [0, 0.1) is 11.8 Å². The minimum atomic E-state index is -0.317. The van der Waals surface area contributed by atoms with Gasteiger partial charge in [-0.3, -0.25) is 9.59 Å². The topological polar surface area (TPSA) is 75.4 Å². The van der Waals surface area contributed by atoms with Gasteiger partial charge in [0.1, 0.15) is 0 Å². The molecule has 0 aromatic heterocycles. The van der Waals surface area contributed by atoms with Crippen LogP contribution in [-0.4, -0.2) is 36.3 Å². The smallest absolute Gasteiger partial charge is 0.244 e. The fourth-order valence-corrected chi connectivity index (χ4v) is 3.69. The Hall–Kier alpha value is -1.30. The Kier molecular flexibility index (Phi) is 6.90. The second-order valence-corrected chi connectivity index (χ2v) is 6.84. The van der Waals surface area contributed by atoms with Gasteiger partial charge in [0.25, 0.3) is 0 Å². The third kappa shape index (κ3) is 4.41. The molecule has 2 amide bonds. The van der Waals surface area contributed by atoms with Gasteiger partial charge in [0.15, 0.2) is 0 Å². The lowest BCUT2D eigenvalue weighted by Crippen LogP contribution is -2.43. The van der Waals surface area contributed by atoms with Crippen molar-refractivity contribution in [3.63, 3.8) is 0 Å². The summed E-state index contributed by atoms with van der Waals surface area (Å²) in [5.41, 5.74) is 6.13. The molecule has 0 bridgehead atoms. The average molecular weight is 372 g/mol. The molecule has 0 heterocycles. The molecule has 0 aliphatic heterocycles. The summed E-state index contributed by atoms with van der Waals surface area (Å²) in [4.78, 5) is 26.6. The maximum atomic E-state index is 12.7. The Balaban J connectivity index is 2.01. The number of nitrogens with zero attached hydrogens (tertiary/aromatic N) is 1. The Bertz CT molecular complexity index is 589. The van der Waals surface area contributed by atoms with Gasteiger partial charge in [0, 0.05) is 12.5 Å². The summed E-state index contributed by atoms with van der Waals surface area (Å²) in [5, 5.41) is 3.42. The Morgan fingerprint density at radius 2 is 1.96 bits per heavy atom. The number of benzene rings is 1. The lowest BCUT2D eigenvalue weighted by atomic mass is 9.94. The van der Waals surface area contributed by atoms with Crippen molar-refractivity contribution in [1.29, 1.82) is 0 Å². The Labute approximate surface area is 152 Å². The number of anilines is 1. The maximum Gasteiger partial charge on any atom is 0.244 e. The number of amides is 2. The number of carbonyl (C=O) groups is 2. The van der Waals surface area contributed by atoms with Crippen molar-refractivity contribution in [2.24, 2.45) is 17.6 Å². The standard InChI is InChI=1S/C17H23Cl2N3O2/c1-2-22(17(24)12-6-3-5-11(12)9-20)10-15(23)21-16-13(18)7-4-8-14(16)19/h4,7-8,11-12H,2-3,5-6,9-10,20H2,1H3,(H,21,23)/t11-,12-/m1/s1. The molecule has 1 aromatic rings. The minimum absolute atomic E-state index is 0.00542. The van der Waals surface area contributed by atoms with Crippen LogP contribution in [0.1, 0.15) is 26.2 Å². The molecule has 0 radical (unpaired) electrons. The molecule has 1 fully saturated rings. The molecule has 2 rings (SSSR count). The molecule has 2 atom stereocenters. The van der Waals surface area contributed by atoms with E-state index >= 15 is 0 Å². The summed E-state index contributed by atoms with van der Waals surface area (Å²) in [6, 6.07) is 5.00. The van der Waals surface area contributed by atoms with Gasteiger partial charge in [-0.2, -0.15) is 0 Å². The van der Waals surface area contributed by atoms with Crippen molar-refractivity contribution in [2.45, 2.75) is 26.2 Å². The van der Waals surface area contributed by atoms with E-state index in [1.165, 1.54) is 0 Å². The summed E-state index contributed by atoms with van der Waals surface area (Å²) < 4.78 is 0. The summed E-state index contributed by atoms with van der Waals surface area (Å²) >= 11 is 12.1. The molecule has 132 valence electrons. The number of nitrogens with one attached hydrogen (secondary N) is 1. The summed E-state index contributed by atoms with van der Waals surface area (Å²) in [6.07, 6.45) is 2.83. The predicted molar refractivity (Wildman–Crippen MR) is 97.2 cm³/mol. The highest BCUT2D eigenvalue weighted by atomic mass is 35.5. The fraction of sp³-hybridized carbons (Fsp3) is 0.529. The lowest BCUT2D eigenvalue weighted by molar-refractivity contribution is -0.139. The first-order valence-electron chi connectivity index (χ1n) is 8.20. The number of hydrogen-bond donors (Lipinski definition) is 2. The third-order valence-corrected chi connectivity index (χ3v) is 5.16. The van der Waals surface area contributed by atoms with Crippen LogP contribution in [0.3, 0.4) is 0 Å². The number of hydrogen-bond acceptors (Lipinski definition) is 3. The van der Waals surface area contributed by atoms with Gasteiger partial charge in [0.2, 0.25) is 11.8 Å². The van der Waals surface area contributed by atoms with Crippen LogP contribution >= 0.6 is 23.2 Å². The minimum Gasteiger partial charge on any atom is -0.333 e. The molecule has 3 N–H and O–H groups in total. The number of carbonyl (C=O) groups excluding carboxylic acids is 2. The molecule has 1 aliphatic rings. The van der Waals surface area contributed by atoms with E-state index in [0.29, 0.717) is 28.8 Å². The zero-order chi connectivity index (χ0) is 17.7. The molecule has 1 aliphatic carbocycles. The van der Waals surface area contributed by atoms with Crippen LogP contribution in [-0.2, 0) is 9.59 Å². The lowest BCUT2D eigenvalue weighted by Gasteiger charge is -2.26. The first-order valence-corrected chi connectivity index (χ1v) is 8.96. The van der Waals surface area contributed by atoms with Crippen LogP contribution in [0.2, 0.25) is 10.0 Å². The number of nitrogens with two attached hydrogens (primary N) is 1. The third-order valence-electron chi connectivity index (χ3n) is 4.53. The van der Waals surface area contributed by atoms with Crippen LogP contribution in [0.5, 0.6) is 0 Å². The fourth-order valence-electron chi connectivity index (χ4n) is 3.19. The van der Waals surface area contributed by atoms with Gasteiger partial charge < -0.3 is 16.0 Å². The molecule has 7 heteroatoms. The molecule has 24 heavy (non-hydrogen) atoms. The zero-order valence-corrected chi connectivity index (χ0v) is 15.2. The summed E-state index contributed by atoms with van der Waals surface area (Å²) in [5.74, 6) is -0.173. The van der Waals surface area contributed by atoms with Gasteiger partial charge in [-0.25, -0.2) is 0 Å². The van der Waals surface area contributed by atoms with Crippen LogP contribution in [0.15, 0.2) is 18.2 Å². The second kappa shape index (κ2) is 8.70. The van der Waals surface area contributed by atoms with Gasteiger partial charge >= 0.3 is 0 Å². The van der Waals surface area contributed by atoms with Crippen molar-refractivity contribution < 1.29 is 9.59 Å². The van der Waals surface area contributed by atoms with Crippen molar-refractivity contribution in [1.82, 2.24) is 4.90 Å². The van der Waals surface area contributed by atoms with E-state index in [9.17, 15) is 9.59 Å². The monoisotopic (exact) mass is 371 g/mol. The summed E-state index contributed by atoms with van der Waals surface area (Å²) in [7, 11) is 0. The molecular formula is C17H23Cl2N3O2. The maximum absolute atomic E-state index is 12.7. The zero-order valence-electron chi connectivity index (χ0n) is 13.7. The quantitative estimate of drug-likeness (QED) is 0.806. The largest absolute Gasteiger partial charge is 0.333 e. The Morgan fingerprint density at radius 1 is 1.29 bits per heavy atom. The van der Waals surface area contributed by atoms with E-state index < -0.39 is 0 Å². The van der Waals surface area contributed by atoms with Gasteiger partial charge in [0.05, 0.1) is 22.3 Å². The average Bonchev–Trinajstić information content (AvgIpc) is 3.04. The molecular weight excluding hydrogens is 349 g/mol. The number of halogens is 2. The van der Waals surface area contributed by atoms with E-state index in [1.54, 1.807) is 23.1 Å². The molecule has 1 aromatic carbocycles. The van der Waals surface area contributed by atoms with Crippen LogP contribution in [0.25, 0.3) is 0 Å². The highest BCUT2D eigenvalue weighted by Gasteiger charge is 2.34. The van der Waals surface area contributed by atoms with Gasteiger partial charge in [-0.1, -0.05) is 35.7 Å². The second-order valence-electron chi connectivity index (χ2n) is 6.03. The predicted octanol–water partition coefficient (Wildman–Crippen LogP) is 3.16. The molecule has 1 saturated carbocycles. The van der Waals surface area contributed by atoms with Gasteiger partial charge in [-0.05, 0) is 44.4 Å². The first kappa shape index (κ1) is 19.0. The van der Waals surface area contributed by atoms with Crippen molar-refractivity contribution in [2.75, 3.05) is 25.0 Å². The van der Waals surface area contributed by atoms with E-state index in [4.69, 9.17) is 28.9 Å². The van der Waals surface area contributed by atoms with Crippen molar-refractivity contribution in [3.8, 4) is 0 Å². The van der Waals surface area contributed by atoms with E-state index in [0.717, 1.165) is 19.3 Å². The molecule has 0 saturated heterocycles. The molecule has 5 nitrogen and oxygen atoms in total. The van der Waals surface area contributed by atoms with Crippen molar-refractivity contribution >= 4 is 40.7 Å². The van der Waals surface area contributed by atoms with Crippen LogP contribution < -0.4 is 11.1 Å². The van der Waals surface area contributed by atoms with E-state index in [-0.39, 0.29) is 30.2 Å². The van der Waals surface area contributed by atoms with E-state index in [2.05, 4.69) is 5.32 Å². The SMILES string of the molecule is CCN(CC(=O)Nc1c(Cl)cccc1Cl)C(=O)[C@@H]1CCC[C@@H]1CN. The van der Waals surface area contributed by atoms with Gasteiger partial charge in [-0.15, -0.1) is 0 Å². The summed E-state index contributed by atoms with van der Waals surface area (Å²) in [6.45, 7) is 2.82. The highest BCUT2D eigenvalue weighted by molar-refractivity contribution is 6.39. The van der Waals surface area contributed by atoms with Crippen molar-refractivity contribution in [3.05, 3.63) is 28.2 Å². The van der Waals surface area contributed by atoms with Crippen LogP contribution in [0.4, 0.5) is 5.69 Å². The highest BCUT2D eigenvalue weighted by Crippen LogP contribution is 2.33. The first-order chi connectivity index (χ1) is 11.5. The molecule has 0 unspecified atom stereocenters. The number of likely N-dealkylation sites (N-methyl/N-ethyl adjacent to an activating group) is 1.